The third-order valence-electron chi connectivity index (χ3n) is 2.69. The zero-order valence-electron chi connectivity index (χ0n) is 10.6. The van der Waals surface area contributed by atoms with Crippen LogP contribution < -0.4 is 0 Å². The third-order valence-corrected chi connectivity index (χ3v) is 2.69. The van der Waals surface area contributed by atoms with Gasteiger partial charge in [-0.3, -0.25) is 0 Å². The summed E-state index contributed by atoms with van der Waals surface area (Å²) in [6.45, 7) is 11.0. The van der Waals surface area contributed by atoms with Crippen molar-refractivity contribution in [1.29, 1.82) is 0 Å². The second-order valence-corrected chi connectivity index (χ2v) is 4.50. The van der Waals surface area contributed by atoms with Crippen LogP contribution in [0.4, 0.5) is 0 Å². The van der Waals surface area contributed by atoms with Crippen molar-refractivity contribution >= 4 is 0 Å². The van der Waals surface area contributed by atoms with Crippen LogP contribution in [-0.4, -0.2) is 12.7 Å². The Morgan fingerprint density at radius 1 is 1.50 bits per heavy atom. The second-order valence-electron chi connectivity index (χ2n) is 4.50. The molecule has 1 unspecified atom stereocenters. The van der Waals surface area contributed by atoms with Crippen LogP contribution in [-0.2, 0) is 4.74 Å². The van der Waals surface area contributed by atoms with E-state index in [-0.39, 0.29) is 6.10 Å². The lowest BCUT2D eigenvalue weighted by Gasteiger charge is -2.09. The maximum Gasteiger partial charge on any atom is 0.101 e. The Balaban J connectivity index is 2.47. The first-order valence-corrected chi connectivity index (χ1v) is 5.88. The van der Waals surface area contributed by atoms with Gasteiger partial charge >= 0.3 is 0 Å². The molecule has 0 aromatic heterocycles. The van der Waals surface area contributed by atoms with Gasteiger partial charge in [0.2, 0.25) is 0 Å². The van der Waals surface area contributed by atoms with Gasteiger partial charge in [0, 0.05) is 0 Å². The molecule has 0 aromatic rings. The van der Waals surface area contributed by atoms with Gasteiger partial charge in [0.1, 0.15) is 6.10 Å². The molecule has 16 heavy (non-hydrogen) atoms. The Bertz CT molecular complexity index is 327. The Hall–Kier alpha value is -1.08. The van der Waals surface area contributed by atoms with E-state index in [1.807, 2.05) is 6.08 Å². The highest BCUT2D eigenvalue weighted by atomic mass is 16.5. The summed E-state index contributed by atoms with van der Waals surface area (Å²) in [4.78, 5) is 0. The maximum atomic E-state index is 5.60. The standard InChI is InChI=1S/C15H22O/c1-5-14-9-10-16-15(14)11-13(4)8-6-7-12(2)3/h5,7,9,11,15H,1,6,8,10H2,2-4H3/b13-11+. The van der Waals surface area contributed by atoms with Crippen LogP contribution in [0, 0.1) is 0 Å². The van der Waals surface area contributed by atoms with E-state index in [4.69, 9.17) is 4.74 Å². The molecule has 0 aromatic carbocycles. The molecule has 0 aliphatic carbocycles. The van der Waals surface area contributed by atoms with Crippen LogP contribution in [0.15, 0.2) is 47.6 Å². The molecule has 1 heterocycles. The smallest absolute Gasteiger partial charge is 0.101 e. The predicted octanol–water partition coefficient (Wildman–Crippen LogP) is 4.19. The summed E-state index contributed by atoms with van der Waals surface area (Å²) in [7, 11) is 0. The van der Waals surface area contributed by atoms with Crippen LogP contribution in [0.3, 0.4) is 0 Å². The monoisotopic (exact) mass is 218 g/mol. The summed E-state index contributed by atoms with van der Waals surface area (Å²) >= 11 is 0. The van der Waals surface area contributed by atoms with Crippen LogP contribution in [0.2, 0.25) is 0 Å². The van der Waals surface area contributed by atoms with E-state index in [1.54, 1.807) is 0 Å². The summed E-state index contributed by atoms with van der Waals surface area (Å²) in [5.41, 5.74) is 3.97. The summed E-state index contributed by atoms with van der Waals surface area (Å²) in [5, 5.41) is 0. The molecule has 1 atom stereocenters. The molecule has 1 aliphatic rings. The van der Waals surface area contributed by atoms with Crippen molar-refractivity contribution in [2.24, 2.45) is 0 Å². The predicted molar refractivity (Wildman–Crippen MR) is 70.4 cm³/mol. The third kappa shape index (κ3) is 4.19. The molecule has 0 saturated carbocycles. The van der Waals surface area contributed by atoms with Gasteiger partial charge in [-0.15, -0.1) is 0 Å². The molecule has 1 rings (SSSR count). The summed E-state index contributed by atoms with van der Waals surface area (Å²) in [5.74, 6) is 0. The molecule has 0 amide bonds. The van der Waals surface area contributed by atoms with E-state index >= 15 is 0 Å². The van der Waals surface area contributed by atoms with Gasteiger partial charge in [-0.1, -0.05) is 42.0 Å². The SMILES string of the molecule is C=CC1=CCOC1/C=C(\C)CCC=C(C)C. The average molecular weight is 218 g/mol. The Morgan fingerprint density at radius 2 is 2.25 bits per heavy atom. The molecule has 88 valence electrons. The highest BCUT2D eigenvalue weighted by Gasteiger charge is 2.14. The van der Waals surface area contributed by atoms with Crippen molar-refractivity contribution in [3.63, 3.8) is 0 Å². The molecular weight excluding hydrogens is 196 g/mol. The molecule has 1 aliphatic heterocycles. The maximum absolute atomic E-state index is 5.60. The highest BCUT2D eigenvalue weighted by molar-refractivity contribution is 5.30. The van der Waals surface area contributed by atoms with E-state index in [2.05, 4.69) is 45.6 Å². The fraction of sp³-hybridized carbons (Fsp3) is 0.467. The van der Waals surface area contributed by atoms with Crippen molar-refractivity contribution in [2.75, 3.05) is 6.61 Å². The summed E-state index contributed by atoms with van der Waals surface area (Å²) in [6, 6.07) is 0. The minimum Gasteiger partial charge on any atom is -0.365 e. The topological polar surface area (TPSA) is 9.23 Å². The largest absolute Gasteiger partial charge is 0.365 e. The number of hydrogen-bond acceptors (Lipinski definition) is 1. The van der Waals surface area contributed by atoms with Gasteiger partial charge in [-0.05, 0) is 39.2 Å². The quantitative estimate of drug-likeness (QED) is 0.629. The van der Waals surface area contributed by atoms with E-state index in [1.165, 1.54) is 16.7 Å². The second kappa shape index (κ2) is 6.49. The molecule has 1 heteroatoms. The van der Waals surface area contributed by atoms with Crippen LogP contribution >= 0.6 is 0 Å². The Morgan fingerprint density at radius 3 is 2.88 bits per heavy atom. The van der Waals surface area contributed by atoms with Gasteiger partial charge in [0.05, 0.1) is 6.61 Å². The van der Waals surface area contributed by atoms with Crippen LogP contribution in [0.5, 0.6) is 0 Å². The number of ether oxygens (including phenoxy) is 1. The van der Waals surface area contributed by atoms with Crippen molar-refractivity contribution < 1.29 is 4.74 Å². The van der Waals surface area contributed by atoms with E-state index < -0.39 is 0 Å². The fourth-order valence-corrected chi connectivity index (χ4v) is 1.73. The first-order chi connectivity index (χ1) is 7.63. The van der Waals surface area contributed by atoms with Gasteiger partial charge < -0.3 is 4.74 Å². The number of allylic oxidation sites excluding steroid dienone is 3. The number of rotatable bonds is 5. The van der Waals surface area contributed by atoms with Crippen molar-refractivity contribution in [2.45, 2.75) is 39.7 Å². The Kier molecular flexibility index (Phi) is 5.27. The number of hydrogen-bond donors (Lipinski definition) is 0. The average Bonchev–Trinajstić information content (AvgIpc) is 2.64. The highest BCUT2D eigenvalue weighted by Crippen LogP contribution is 2.19. The van der Waals surface area contributed by atoms with E-state index in [9.17, 15) is 0 Å². The molecule has 0 saturated heterocycles. The fourth-order valence-electron chi connectivity index (χ4n) is 1.73. The lowest BCUT2D eigenvalue weighted by molar-refractivity contribution is 0.157. The molecule has 0 spiro atoms. The van der Waals surface area contributed by atoms with E-state index in [0.717, 1.165) is 12.8 Å². The zero-order valence-corrected chi connectivity index (χ0v) is 10.6. The molecule has 0 radical (unpaired) electrons. The minimum absolute atomic E-state index is 0.129. The normalized spacial score (nSPS) is 20.6. The zero-order chi connectivity index (χ0) is 12.0. The van der Waals surface area contributed by atoms with E-state index in [0.29, 0.717) is 6.61 Å². The van der Waals surface area contributed by atoms with Gasteiger partial charge in [0.15, 0.2) is 0 Å². The molecule has 0 bridgehead atoms. The van der Waals surface area contributed by atoms with Crippen molar-refractivity contribution in [3.05, 3.63) is 47.6 Å². The summed E-state index contributed by atoms with van der Waals surface area (Å²) < 4.78 is 5.60. The lowest BCUT2D eigenvalue weighted by Crippen LogP contribution is -2.05. The van der Waals surface area contributed by atoms with Gasteiger partial charge in [0.25, 0.3) is 0 Å². The lowest BCUT2D eigenvalue weighted by atomic mass is 10.0. The Labute approximate surface area is 99.2 Å². The van der Waals surface area contributed by atoms with Crippen LogP contribution in [0.25, 0.3) is 0 Å². The first-order valence-electron chi connectivity index (χ1n) is 5.88. The molecular formula is C15H22O. The summed E-state index contributed by atoms with van der Waals surface area (Å²) in [6.07, 6.45) is 10.8. The van der Waals surface area contributed by atoms with Crippen LogP contribution in [0.1, 0.15) is 33.6 Å². The molecule has 0 fully saturated rings. The molecule has 1 nitrogen and oxygen atoms in total. The van der Waals surface area contributed by atoms with Crippen molar-refractivity contribution in [3.8, 4) is 0 Å². The van der Waals surface area contributed by atoms with Gasteiger partial charge in [-0.25, -0.2) is 0 Å². The molecule has 0 N–H and O–H groups in total. The minimum atomic E-state index is 0.129. The van der Waals surface area contributed by atoms with Gasteiger partial charge in [-0.2, -0.15) is 0 Å². The van der Waals surface area contributed by atoms with Crippen molar-refractivity contribution in [1.82, 2.24) is 0 Å². The first kappa shape index (κ1) is 13.0.